The van der Waals surface area contributed by atoms with E-state index in [4.69, 9.17) is 4.74 Å². The minimum atomic E-state index is 0.186. The number of para-hydroxylation sites is 1. The molecule has 5 rings (SSSR count). The van der Waals surface area contributed by atoms with Gasteiger partial charge in [0.15, 0.2) is 6.04 Å². The number of aromatic nitrogens is 4. The number of likely N-dealkylation sites (tertiary alicyclic amines) is 1. The fourth-order valence-corrected chi connectivity index (χ4v) is 5.18. The molecule has 3 aliphatic rings. The molecular weight excluding hydrogens is 350 g/mol. The summed E-state index contributed by atoms with van der Waals surface area (Å²) in [4.78, 5) is 1.59. The zero-order chi connectivity index (χ0) is 18.8. The quantitative estimate of drug-likeness (QED) is 0.886. The molecular formula is C22H30N5O+. The van der Waals surface area contributed by atoms with Crippen LogP contribution in [0.5, 0.6) is 5.75 Å². The Balaban J connectivity index is 1.53. The lowest BCUT2D eigenvalue weighted by Crippen LogP contribution is -3.13. The number of fused-ring (bicyclic) bond motifs is 1. The number of rotatable bonds is 4. The van der Waals surface area contributed by atoms with Gasteiger partial charge in [-0.1, -0.05) is 37.5 Å². The zero-order valence-electron chi connectivity index (χ0n) is 16.5. The highest BCUT2D eigenvalue weighted by molar-refractivity contribution is 5.63. The van der Waals surface area contributed by atoms with E-state index in [1.807, 2.05) is 6.07 Å². The van der Waals surface area contributed by atoms with Gasteiger partial charge in [-0.2, -0.15) is 0 Å². The summed E-state index contributed by atoms with van der Waals surface area (Å²) >= 11 is 0. The number of benzene rings is 1. The molecule has 6 nitrogen and oxygen atoms in total. The van der Waals surface area contributed by atoms with Crippen molar-refractivity contribution in [1.82, 2.24) is 20.2 Å². The SMILES string of the molecule is C1=C([C@@H](c2nnnn2C2CCCCC2)[NH+]2CCCCC2)COc2ccccc21. The van der Waals surface area contributed by atoms with E-state index in [2.05, 4.69) is 44.5 Å². The van der Waals surface area contributed by atoms with Crippen molar-refractivity contribution in [2.24, 2.45) is 0 Å². The molecule has 2 aliphatic heterocycles. The number of ether oxygens (including phenoxy) is 1. The maximum absolute atomic E-state index is 6.13. The summed E-state index contributed by atoms with van der Waals surface area (Å²) in [7, 11) is 0. The Morgan fingerprint density at radius 1 is 1.00 bits per heavy atom. The Kier molecular flexibility index (Phi) is 5.12. The third-order valence-corrected chi connectivity index (χ3v) is 6.63. The van der Waals surface area contributed by atoms with E-state index in [1.165, 1.54) is 75.6 Å². The summed E-state index contributed by atoms with van der Waals surface area (Å²) in [5.74, 6) is 2.02. The van der Waals surface area contributed by atoms with Crippen LogP contribution in [0.4, 0.5) is 0 Å². The van der Waals surface area contributed by atoms with Gasteiger partial charge in [0.1, 0.15) is 12.4 Å². The third-order valence-electron chi connectivity index (χ3n) is 6.63. The molecule has 2 aromatic rings. The highest BCUT2D eigenvalue weighted by Gasteiger charge is 2.37. The first kappa shape index (κ1) is 17.9. The number of piperidine rings is 1. The molecule has 1 saturated carbocycles. The second-order valence-corrected chi connectivity index (χ2v) is 8.47. The molecule has 148 valence electrons. The van der Waals surface area contributed by atoms with Crippen LogP contribution in [0.1, 0.15) is 74.8 Å². The molecule has 28 heavy (non-hydrogen) atoms. The first-order chi connectivity index (χ1) is 13.9. The molecule has 1 saturated heterocycles. The van der Waals surface area contributed by atoms with E-state index < -0.39 is 0 Å². The molecule has 0 amide bonds. The second-order valence-electron chi connectivity index (χ2n) is 8.47. The lowest BCUT2D eigenvalue weighted by Gasteiger charge is -2.34. The molecule has 2 fully saturated rings. The van der Waals surface area contributed by atoms with Gasteiger partial charge < -0.3 is 9.64 Å². The molecule has 1 atom stereocenters. The average Bonchev–Trinajstić information content (AvgIpc) is 3.25. The van der Waals surface area contributed by atoms with Crippen molar-refractivity contribution in [2.75, 3.05) is 19.7 Å². The van der Waals surface area contributed by atoms with Crippen molar-refractivity contribution in [2.45, 2.75) is 63.5 Å². The normalized spacial score (nSPS) is 22.2. The highest BCUT2D eigenvalue weighted by Crippen LogP contribution is 2.33. The number of nitrogens with zero attached hydrogens (tertiary/aromatic N) is 4. The van der Waals surface area contributed by atoms with Gasteiger partial charge in [0, 0.05) is 11.1 Å². The third kappa shape index (κ3) is 3.46. The van der Waals surface area contributed by atoms with Crippen LogP contribution in [0.3, 0.4) is 0 Å². The summed E-state index contributed by atoms with van der Waals surface area (Å²) < 4.78 is 8.29. The Bertz CT molecular complexity index is 833. The van der Waals surface area contributed by atoms with Crippen molar-refractivity contribution in [3.05, 3.63) is 41.2 Å². The Labute approximate surface area is 166 Å². The van der Waals surface area contributed by atoms with Crippen molar-refractivity contribution < 1.29 is 9.64 Å². The van der Waals surface area contributed by atoms with Crippen LogP contribution >= 0.6 is 0 Å². The fraction of sp³-hybridized carbons (Fsp3) is 0.591. The number of hydrogen-bond donors (Lipinski definition) is 1. The van der Waals surface area contributed by atoms with E-state index in [-0.39, 0.29) is 6.04 Å². The van der Waals surface area contributed by atoms with Gasteiger partial charge in [-0.15, -0.1) is 5.10 Å². The topological polar surface area (TPSA) is 57.3 Å². The Hall–Kier alpha value is -2.21. The molecule has 0 unspecified atom stereocenters. The van der Waals surface area contributed by atoms with E-state index in [9.17, 15) is 0 Å². The van der Waals surface area contributed by atoms with Gasteiger partial charge in [-0.3, -0.25) is 0 Å². The number of hydrogen-bond acceptors (Lipinski definition) is 4. The highest BCUT2D eigenvalue weighted by atomic mass is 16.5. The molecule has 1 aromatic carbocycles. The standard InChI is InChI=1S/C22H29N5O/c1-3-10-19(11-4-1)27-22(23-24-25-27)21(26-13-7-2-8-14-26)18-15-17-9-5-6-12-20(17)28-16-18/h5-6,9,12,15,19,21H,1-4,7-8,10-11,13-14,16H2/p+1/t21-/m0/s1. The van der Waals surface area contributed by atoms with Crippen molar-refractivity contribution in [3.8, 4) is 5.75 Å². The Morgan fingerprint density at radius 2 is 1.79 bits per heavy atom. The van der Waals surface area contributed by atoms with Crippen LogP contribution in [-0.4, -0.2) is 39.9 Å². The average molecular weight is 381 g/mol. The largest absolute Gasteiger partial charge is 0.488 e. The zero-order valence-corrected chi connectivity index (χ0v) is 16.5. The summed E-state index contributed by atoms with van der Waals surface area (Å²) in [6.07, 6.45) is 12.5. The minimum Gasteiger partial charge on any atom is -0.488 e. The Morgan fingerprint density at radius 3 is 2.64 bits per heavy atom. The predicted octanol–water partition coefficient (Wildman–Crippen LogP) is 2.76. The molecule has 3 heterocycles. The van der Waals surface area contributed by atoms with Crippen LogP contribution in [0.2, 0.25) is 0 Å². The van der Waals surface area contributed by atoms with Gasteiger partial charge >= 0.3 is 0 Å². The van der Waals surface area contributed by atoms with Crippen LogP contribution in [-0.2, 0) is 0 Å². The van der Waals surface area contributed by atoms with E-state index >= 15 is 0 Å². The van der Waals surface area contributed by atoms with E-state index in [0.717, 1.165) is 11.6 Å². The van der Waals surface area contributed by atoms with Crippen LogP contribution in [0.25, 0.3) is 6.08 Å². The van der Waals surface area contributed by atoms with Gasteiger partial charge in [0.2, 0.25) is 5.82 Å². The predicted molar refractivity (Wildman–Crippen MR) is 107 cm³/mol. The number of tetrazole rings is 1. The maximum Gasteiger partial charge on any atom is 0.214 e. The van der Waals surface area contributed by atoms with Gasteiger partial charge in [-0.25, -0.2) is 4.68 Å². The summed E-state index contributed by atoms with van der Waals surface area (Å²) in [5.41, 5.74) is 2.48. The van der Waals surface area contributed by atoms with Gasteiger partial charge in [0.25, 0.3) is 0 Å². The van der Waals surface area contributed by atoms with E-state index in [0.29, 0.717) is 12.6 Å². The van der Waals surface area contributed by atoms with Crippen molar-refractivity contribution in [1.29, 1.82) is 0 Å². The monoisotopic (exact) mass is 380 g/mol. The number of quaternary nitrogens is 1. The summed E-state index contributed by atoms with van der Waals surface area (Å²) in [5, 5.41) is 13.2. The molecule has 0 radical (unpaired) electrons. The second kappa shape index (κ2) is 8.03. The van der Waals surface area contributed by atoms with Gasteiger partial charge in [-0.05, 0) is 54.7 Å². The molecule has 6 heteroatoms. The molecule has 0 spiro atoms. The molecule has 1 aromatic heterocycles. The molecule has 0 bridgehead atoms. The first-order valence-electron chi connectivity index (χ1n) is 10.9. The fourth-order valence-electron chi connectivity index (χ4n) is 5.18. The minimum absolute atomic E-state index is 0.186. The van der Waals surface area contributed by atoms with E-state index in [1.54, 1.807) is 4.90 Å². The van der Waals surface area contributed by atoms with Crippen LogP contribution < -0.4 is 9.64 Å². The lowest BCUT2D eigenvalue weighted by atomic mass is 9.94. The van der Waals surface area contributed by atoms with Gasteiger partial charge in [0.05, 0.1) is 19.1 Å². The summed E-state index contributed by atoms with van der Waals surface area (Å²) in [6.45, 7) is 2.99. The van der Waals surface area contributed by atoms with Crippen molar-refractivity contribution in [3.63, 3.8) is 0 Å². The lowest BCUT2D eigenvalue weighted by molar-refractivity contribution is -0.931. The summed E-state index contributed by atoms with van der Waals surface area (Å²) in [6, 6.07) is 8.94. The molecule has 1 aliphatic carbocycles. The first-order valence-corrected chi connectivity index (χ1v) is 10.9. The van der Waals surface area contributed by atoms with Crippen LogP contribution in [0.15, 0.2) is 29.8 Å². The van der Waals surface area contributed by atoms with Crippen LogP contribution in [0, 0.1) is 0 Å². The van der Waals surface area contributed by atoms with Crippen molar-refractivity contribution >= 4 is 6.08 Å². The maximum atomic E-state index is 6.13. The number of nitrogens with one attached hydrogen (secondary N) is 1. The molecule has 1 N–H and O–H groups in total. The smallest absolute Gasteiger partial charge is 0.214 e.